The van der Waals surface area contributed by atoms with Crippen molar-refractivity contribution in [3.8, 4) is 6.07 Å². The van der Waals surface area contributed by atoms with Crippen LogP contribution in [-0.2, 0) is 0 Å². The summed E-state index contributed by atoms with van der Waals surface area (Å²) in [7, 11) is 0. The van der Waals surface area contributed by atoms with E-state index in [-0.39, 0.29) is 0 Å². The first-order valence-electron chi connectivity index (χ1n) is 6.37. The SMILES string of the molecule is N#CCN1CCC(Nc2nccn3cnnc23)CC1. The number of aromatic nitrogens is 4. The van der Waals surface area contributed by atoms with Crippen LogP contribution in [0.3, 0.4) is 0 Å². The van der Waals surface area contributed by atoms with Gasteiger partial charge in [-0.15, -0.1) is 10.2 Å². The summed E-state index contributed by atoms with van der Waals surface area (Å²) in [5.41, 5.74) is 0.752. The first-order chi connectivity index (χ1) is 9.36. The highest BCUT2D eigenvalue weighted by Gasteiger charge is 2.19. The number of fused-ring (bicyclic) bond motifs is 1. The molecule has 0 unspecified atom stereocenters. The van der Waals surface area contributed by atoms with E-state index in [1.807, 2.05) is 10.6 Å². The lowest BCUT2D eigenvalue weighted by molar-refractivity contribution is 0.242. The van der Waals surface area contributed by atoms with E-state index in [4.69, 9.17) is 5.26 Å². The highest BCUT2D eigenvalue weighted by molar-refractivity contribution is 5.61. The molecule has 7 heteroatoms. The minimum atomic E-state index is 0.380. The second kappa shape index (κ2) is 5.20. The lowest BCUT2D eigenvalue weighted by atomic mass is 10.1. The van der Waals surface area contributed by atoms with E-state index in [9.17, 15) is 0 Å². The van der Waals surface area contributed by atoms with Crippen LogP contribution in [0.4, 0.5) is 5.82 Å². The zero-order chi connectivity index (χ0) is 13.1. The molecule has 1 saturated heterocycles. The van der Waals surface area contributed by atoms with Crippen LogP contribution in [0.25, 0.3) is 5.65 Å². The normalized spacial score (nSPS) is 17.4. The Hall–Kier alpha value is -2.20. The third-order valence-corrected chi connectivity index (χ3v) is 3.44. The summed E-state index contributed by atoms with van der Waals surface area (Å²) >= 11 is 0. The van der Waals surface area contributed by atoms with Gasteiger partial charge < -0.3 is 5.32 Å². The molecule has 0 saturated carbocycles. The van der Waals surface area contributed by atoms with Crippen molar-refractivity contribution in [2.45, 2.75) is 18.9 Å². The maximum atomic E-state index is 8.68. The number of nitriles is 1. The van der Waals surface area contributed by atoms with Crippen LogP contribution in [0.2, 0.25) is 0 Å². The number of rotatable bonds is 3. The van der Waals surface area contributed by atoms with Gasteiger partial charge >= 0.3 is 0 Å². The monoisotopic (exact) mass is 257 g/mol. The lowest BCUT2D eigenvalue weighted by Crippen LogP contribution is -2.39. The number of likely N-dealkylation sites (tertiary alicyclic amines) is 1. The molecule has 0 amide bonds. The van der Waals surface area contributed by atoms with Gasteiger partial charge in [0.25, 0.3) is 0 Å². The van der Waals surface area contributed by atoms with E-state index in [0.29, 0.717) is 12.6 Å². The molecule has 0 aromatic carbocycles. The van der Waals surface area contributed by atoms with Gasteiger partial charge in [-0.05, 0) is 12.8 Å². The fraction of sp³-hybridized carbons (Fsp3) is 0.500. The highest BCUT2D eigenvalue weighted by atomic mass is 15.3. The molecule has 0 radical (unpaired) electrons. The molecule has 2 aromatic heterocycles. The number of anilines is 1. The number of nitrogens with zero attached hydrogens (tertiary/aromatic N) is 6. The molecule has 1 fully saturated rings. The molecule has 19 heavy (non-hydrogen) atoms. The third-order valence-electron chi connectivity index (χ3n) is 3.44. The van der Waals surface area contributed by atoms with Crippen LogP contribution in [0.15, 0.2) is 18.7 Å². The van der Waals surface area contributed by atoms with Crippen LogP contribution in [-0.4, -0.2) is 50.2 Å². The average molecular weight is 257 g/mol. The Morgan fingerprint density at radius 1 is 1.42 bits per heavy atom. The Balaban J connectivity index is 1.67. The average Bonchev–Trinajstić information content (AvgIpc) is 2.91. The van der Waals surface area contributed by atoms with Crippen molar-refractivity contribution in [3.63, 3.8) is 0 Å². The number of nitrogens with one attached hydrogen (secondary N) is 1. The van der Waals surface area contributed by atoms with E-state index in [1.165, 1.54) is 0 Å². The van der Waals surface area contributed by atoms with Gasteiger partial charge in [-0.25, -0.2) is 4.98 Å². The second-order valence-electron chi connectivity index (χ2n) is 4.69. The number of hydrogen-bond acceptors (Lipinski definition) is 6. The number of hydrogen-bond donors (Lipinski definition) is 1. The van der Waals surface area contributed by atoms with Crippen molar-refractivity contribution in [1.82, 2.24) is 24.5 Å². The molecule has 98 valence electrons. The predicted molar refractivity (Wildman–Crippen MR) is 69.5 cm³/mol. The standard InChI is InChI=1S/C12H15N7/c13-3-7-18-5-1-10(2-6-18)16-11-12-17-15-9-19(12)8-4-14-11/h4,8-10H,1-2,5-7H2,(H,14,16). The molecule has 2 aromatic rings. The molecule has 0 atom stereocenters. The van der Waals surface area contributed by atoms with E-state index in [1.54, 1.807) is 12.5 Å². The van der Waals surface area contributed by atoms with Gasteiger partial charge in [-0.1, -0.05) is 0 Å². The van der Waals surface area contributed by atoms with Crippen molar-refractivity contribution in [2.75, 3.05) is 25.0 Å². The summed E-state index contributed by atoms with van der Waals surface area (Å²) in [4.78, 5) is 6.50. The zero-order valence-corrected chi connectivity index (χ0v) is 10.5. The molecule has 3 rings (SSSR count). The third kappa shape index (κ3) is 2.48. The van der Waals surface area contributed by atoms with Crippen LogP contribution >= 0.6 is 0 Å². The van der Waals surface area contributed by atoms with E-state index >= 15 is 0 Å². The van der Waals surface area contributed by atoms with Gasteiger partial charge in [0.2, 0.25) is 5.65 Å². The molecule has 1 N–H and O–H groups in total. The van der Waals surface area contributed by atoms with Gasteiger partial charge in [-0.3, -0.25) is 9.30 Å². The first-order valence-corrected chi connectivity index (χ1v) is 6.37. The first kappa shape index (κ1) is 11.9. The van der Waals surface area contributed by atoms with E-state index in [0.717, 1.165) is 37.4 Å². The van der Waals surface area contributed by atoms with Gasteiger partial charge in [-0.2, -0.15) is 5.26 Å². The highest BCUT2D eigenvalue weighted by Crippen LogP contribution is 2.17. The summed E-state index contributed by atoms with van der Waals surface area (Å²) in [6.07, 6.45) is 7.26. The molecule has 0 aliphatic carbocycles. The van der Waals surface area contributed by atoms with Crippen LogP contribution in [0.5, 0.6) is 0 Å². The van der Waals surface area contributed by atoms with E-state index in [2.05, 4.69) is 31.5 Å². The van der Waals surface area contributed by atoms with Crippen molar-refractivity contribution in [2.24, 2.45) is 0 Å². The van der Waals surface area contributed by atoms with Gasteiger partial charge in [0.1, 0.15) is 6.33 Å². The van der Waals surface area contributed by atoms with Gasteiger partial charge in [0, 0.05) is 31.5 Å². The summed E-state index contributed by atoms with van der Waals surface area (Å²) in [6, 6.07) is 2.57. The van der Waals surface area contributed by atoms with Crippen molar-refractivity contribution >= 4 is 11.5 Å². The summed E-state index contributed by atoms with van der Waals surface area (Å²) in [5, 5.41) is 20.1. The molecule has 3 heterocycles. The Labute approximate surface area is 110 Å². The van der Waals surface area contributed by atoms with Gasteiger partial charge in [0.15, 0.2) is 5.82 Å². The predicted octanol–water partition coefficient (Wildman–Crippen LogP) is 0.524. The molecule has 0 bridgehead atoms. The van der Waals surface area contributed by atoms with E-state index < -0.39 is 0 Å². The van der Waals surface area contributed by atoms with Crippen molar-refractivity contribution < 1.29 is 0 Å². The maximum absolute atomic E-state index is 8.68. The van der Waals surface area contributed by atoms with Crippen molar-refractivity contribution in [3.05, 3.63) is 18.7 Å². The molecule has 1 aliphatic heterocycles. The number of piperidine rings is 1. The Morgan fingerprint density at radius 2 is 2.26 bits per heavy atom. The Kier molecular flexibility index (Phi) is 3.25. The Morgan fingerprint density at radius 3 is 3.05 bits per heavy atom. The lowest BCUT2D eigenvalue weighted by Gasteiger charge is -2.30. The molecule has 0 spiro atoms. The van der Waals surface area contributed by atoms with Gasteiger partial charge in [0.05, 0.1) is 12.6 Å². The summed E-state index contributed by atoms with van der Waals surface area (Å²) < 4.78 is 1.85. The quantitative estimate of drug-likeness (QED) is 0.807. The minimum Gasteiger partial charge on any atom is -0.364 e. The fourth-order valence-corrected chi connectivity index (χ4v) is 2.39. The van der Waals surface area contributed by atoms with Crippen molar-refractivity contribution in [1.29, 1.82) is 5.26 Å². The van der Waals surface area contributed by atoms with Crippen LogP contribution in [0, 0.1) is 11.3 Å². The minimum absolute atomic E-state index is 0.380. The summed E-state index contributed by atoms with van der Waals surface area (Å²) in [6.45, 7) is 2.41. The molecule has 1 aliphatic rings. The van der Waals surface area contributed by atoms with Crippen LogP contribution < -0.4 is 5.32 Å². The van der Waals surface area contributed by atoms with Crippen LogP contribution in [0.1, 0.15) is 12.8 Å². The Bertz CT molecular complexity index is 591. The molecular formula is C12H15N7. The maximum Gasteiger partial charge on any atom is 0.203 e. The largest absolute Gasteiger partial charge is 0.364 e. The topological polar surface area (TPSA) is 82.1 Å². The molecular weight excluding hydrogens is 242 g/mol. The zero-order valence-electron chi connectivity index (χ0n) is 10.5. The second-order valence-corrected chi connectivity index (χ2v) is 4.69. The fourth-order valence-electron chi connectivity index (χ4n) is 2.39. The molecule has 7 nitrogen and oxygen atoms in total. The smallest absolute Gasteiger partial charge is 0.203 e. The summed E-state index contributed by atoms with van der Waals surface area (Å²) in [5.74, 6) is 0.777.